The average Bonchev–Trinajstić information content (AvgIpc) is 3.53. The van der Waals surface area contributed by atoms with E-state index in [1.54, 1.807) is 0 Å². The summed E-state index contributed by atoms with van der Waals surface area (Å²) >= 11 is 0. The van der Waals surface area contributed by atoms with E-state index in [0.29, 0.717) is 12.4 Å². The Bertz CT molecular complexity index is 1550. The van der Waals surface area contributed by atoms with Gasteiger partial charge in [-0.05, 0) is 77.5 Å². The summed E-state index contributed by atoms with van der Waals surface area (Å²) in [7, 11) is 0. The molecule has 1 saturated carbocycles. The lowest BCUT2D eigenvalue weighted by atomic mass is 9.73. The van der Waals surface area contributed by atoms with Crippen molar-refractivity contribution in [3.05, 3.63) is 101 Å². The number of ether oxygens (including phenoxy) is 1. The average molecular weight is 610 g/mol. The first-order valence-corrected chi connectivity index (χ1v) is 15.8. The fourth-order valence-corrected chi connectivity index (χ4v) is 6.61. The van der Waals surface area contributed by atoms with Gasteiger partial charge in [-0.3, -0.25) is 14.4 Å². The number of nitrogens with one attached hydrogen (secondary N) is 1. The minimum Gasteiger partial charge on any atom is -0.481 e. The van der Waals surface area contributed by atoms with E-state index in [4.69, 9.17) is 4.74 Å². The van der Waals surface area contributed by atoms with Crippen LogP contribution in [0.3, 0.4) is 0 Å². The van der Waals surface area contributed by atoms with Crippen LogP contribution in [0.15, 0.2) is 77.9 Å². The second-order valence-electron chi connectivity index (χ2n) is 13.3. The molecule has 236 valence electrons. The molecular formula is C37H43N3O5. The van der Waals surface area contributed by atoms with Crippen molar-refractivity contribution in [2.45, 2.75) is 78.2 Å². The molecule has 0 bridgehead atoms. The Labute approximate surface area is 265 Å². The van der Waals surface area contributed by atoms with E-state index < -0.39 is 5.97 Å². The van der Waals surface area contributed by atoms with Gasteiger partial charge >= 0.3 is 5.97 Å². The predicted molar refractivity (Wildman–Crippen MR) is 175 cm³/mol. The lowest BCUT2D eigenvalue weighted by molar-refractivity contribution is -0.138. The van der Waals surface area contributed by atoms with Crippen LogP contribution in [0.5, 0.6) is 0 Å². The molecular weight excluding hydrogens is 566 g/mol. The molecule has 1 heterocycles. The van der Waals surface area contributed by atoms with E-state index in [2.05, 4.69) is 31.2 Å². The van der Waals surface area contributed by atoms with Crippen LogP contribution in [0.25, 0.3) is 0 Å². The van der Waals surface area contributed by atoms with Crippen LogP contribution in [-0.4, -0.2) is 40.4 Å². The number of carbonyl (C=O) groups excluding carboxylic acids is 2. The van der Waals surface area contributed by atoms with Crippen molar-refractivity contribution in [1.82, 2.24) is 5.01 Å². The second-order valence-corrected chi connectivity index (χ2v) is 13.3. The number of hydrogen-bond donors (Lipinski definition) is 2. The highest BCUT2D eigenvalue weighted by molar-refractivity contribution is 5.98. The first-order chi connectivity index (χ1) is 21.5. The summed E-state index contributed by atoms with van der Waals surface area (Å²) in [5.41, 5.74) is 4.96. The number of amides is 2. The largest absolute Gasteiger partial charge is 0.481 e. The van der Waals surface area contributed by atoms with Crippen molar-refractivity contribution in [3.63, 3.8) is 0 Å². The van der Waals surface area contributed by atoms with E-state index in [1.807, 2.05) is 79.7 Å². The van der Waals surface area contributed by atoms with Gasteiger partial charge in [0, 0.05) is 11.3 Å². The maximum Gasteiger partial charge on any atom is 0.303 e. The van der Waals surface area contributed by atoms with Gasteiger partial charge in [-0.2, -0.15) is 0 Å². The third kappa shape index (κ3) is 7.62. The minimum atomic E-state index is -0.838. The fourth-order valence-electron chi connectivity index (χ4n) is 6.61. The Hall–Kier alpha value is -4.46. The highest BCUT2D eigenvalue weighted by atomic mass is 16.5. The molecule has 2 N–H and O–H groups in total. The normalized spacial score (nSPS) is 16.9. The molecule has 2 amide bonds. The monoisotopic (exact) mass is 609 g/mol. The molecule has 3 aromatic rings. The zero-order valence-electron chi connectivity index (χ0n) is 26.6. The zero-order chi connectivity index (χ0) is 32.1. The van der Waals surface area contributed by atoms with E-state index in [0.717, 1.165) is 59.2 Å². The number of hydrazone groups is 1. The molecule has 3 aromatic carbocycles. The maximum absolute atomic E-state index is 14.0. The van der Waals surface area contributed by atoms with E-state index in [1.165, 1.54) is 5.01 Å². The van der Waals surface area contributed by atoms with Crippen LogP contribution >= 0.6 is 0 Å². The number of benzene rings is 3. The SMILES string of the molecule is Cc1c(NC(=O)C(c2ccc(CN3N=C(c4ccccc4)OCC3=O)cc2)C2CCCC2)cccc1C(CC(=O)O)C(C)(C)C. The van der Waals surface area contributed by atoms with Crippen molar-refractivity contribution >= 4 is 29.4 Å². The van der Waals surface area contributed by atoms with Crippen molar-refractivity contribution in [1.29, 1.82) is 0 Å². The molecule has 8 nitrogen and oxygen atoms in total. The Morgan fingerprint density at radius 1 is 1.00 bits per heavy atom. The summed E-state index contributed by atoms with van der Waals surface area (Å²) in [5.74, 6) is -0.979. The van der Waals surface area contributed by atoms with Gasteiger partial charge < -0.3 is 15.2 Å². The predicted octanol–water partition coefficient (Wildman–Crippen LogP) is 7.23. The van der Waals surface area contributed by atoms with Gasteiger partial charge in [-0.1, -0.05) is 88.2 Å². The van der Waals surface area contributed by atoms with Crippen molar-refractivity contribution in [3.8, 4) is 0 Å². The lowest BCUT2D eigenvalue weighted by Gasteiger charge is -2.32. The summed E-state index contributed by atoms with van der Waals surface area (Å²) in [4.78, 5) is 38.4. The second kappa shape index (κ2) is 13.7. The Kier molecular flexibility index (Phi) is 9.71. The molecule has 2 unspecified atom stereocenters. The Morgan fingerprint density at radius 2 is 1.69 bits per heavy atom. The van der Waals surface area contributed by atoms with Gasteiger partial charge in [0.1, 0.15) is 0 Å². The van der Waals surface area contributed by atoms with Crippen LogP contribution in [0.4, 0.5) is 5.69 Å². The molecule has 8 heteroatoms. The van der Waals surface area contributed by atoms with E-state index in [-0.39, 0.29) is 48.0 Å². The number of carbonyl (C=O) groups is 3. The van der Waals surface area contributed by atoms with Crippen LogP contribution in [0.1, 0.15) is 92.5 Å². The van der Waals surface area contributed by atoms with Gasteiger partial charge in [0.15, 0.2) is 6.61 Å². The van der Waals surface area contributed by atoms with E-state index >= 15 is 0 Å². The van der Waals surface area contributed by atoms with Crippen molar-refractivity contribution in [2.24, 2.45) is 16.4 Å². The molecule has 2 atom stereocenters. The Morgan fingerprint density at radius 3 is 2.33 bits per heavy atom. The van der Waals surface area contributed by atoms with Crippen molar-refractivity contribution < 1.29 is 24.2 Å². The molecule has 1 fully saturated rings. The number of carboxylic acids is 1. The quantitative estimate of drug-likeness (QED) is 0.252. The summed E-state index contributed by atoms with van der Waals surface area (Å²) in [6, 6.07) is 23.2. The van der Waals surface area contributed by atoms with Crippen LogP contribution in [-0.2, 0) is 25.7 Å². The van der Waals surface area contributed by atoms with Gasteiger partial charge in [-0.15, -0.1) is 5.10 Å². The summed E-state index contributed by atoms with van der Waals surface area (Å²) in [6.45, 7) is 8.35. The third-order valence-corrected chi connectivity index (χ3v) is 9.11. The number of nitrogens with zero attached hydrogens (tertiary/aromatic N) is 2. The summed E-state index contributed by atoms with van der Waals surface area (Å²) in [5, 5.41) is 18.7. The van der Waals surface area contributed by atoms with Crippen molar-refractivity contribution in [2.75, 3.05) is 11.9 Å². The topological polar surface area (TPSA) is 108 Å². The number of carboxylic acid groups (broad SMARTS) is 1. The standard InChI is InChI=1S/C37H43N3O5/c1-24-29(30(21-33(42)43)37(2,3)4)15-10-16-31(24)38-35(44)34(26-11-8-9-12-26)27-19-17-25(18-20-27)22-40-32(41)23-45-36(39-40)28-13-6-5-7-14-28/h5-7,10,13-20,26,30,34H,8-9,11-12,21-23H2,1-4H3,(H,38,44)(H,42,43). The first-order valence-electron chi connectivity index (χ1n) is 15.8. The molecule has 0 aromatic heterocycles. The van der Waals surface area contributed by atoms with Gasteiger partial charge in [0.2, 0.25) is 11.8 Å². The third-order valence-electron chi connectivity index (χ3n) is 9.11. The number of rotatable bonds is 10. The molecule has 1 aliphatic carbocycles. The highest BCUT2D eigenvalue weighted by Gasteiger charge is 2.34. The van der Waals surface area contributed by atoms with Gasteiger partial charge in [-0.25, -0.2) is 5.01 Å². The molecule has 5 rings (SSSR count). The molecule has 1 aliphatic heterocycles. The number of anilines is 1. The molecule has 0 spiro atoms. The molecule has 45 heavy (non-hydrogen) atoms. The van der Waals surface area contributed by atoms with Gasteiger partial charge in [0.05, 0.1) is 18.9 Å². The van der Waals surface area contributed by atoms with Crippen LogP contribution < -0.4 is 5.32 Å². The maximum atomic E-state index is 14.0. The van der Waals surface area contributed by atoms with E-state index in [9.17, 15) is 19.5 Å². The summed E-state index contributed by atoms with van der Waals surface area (Å²) < 4.78 is 5.58. The minimum absolute atomic E-state index is 0.0215. The lowest BCUT2D eigenvalue weighted by Crippen LogP contribution is -2.36. The van der Waals surface area contributed by atoms with Gasteiger partial charge in [0.25, 0.3) is 5.91 Å². The smallest absolute Gasteiger partial charge is 0.303 e. The molecule has 0 radical (unpaired) electrons. The first kappa shape index (κ1) is 31.9. The van der Waals surface area contributed by atoms with Crippen LogP contribution in [0, 0.1) is 18.3 Å². The molecule has 0 saturated heterocycles. The summed E-state index contributed by atoms with van der Waals surface area (Å²) in [6.07, 6.45) is 4.20. The Balaban J connectivity index is 1.36. The number of aliphatic carboxylic acids is 1. The number of hydrogen-bond acceptors (Lipinski definition) is 5. The molecule has 2 aliphatic rings. The fraction of sp³-hybridized carbons (Fsp3) is 0.405. The zero-order valence-corrected chi connectivity index (χ0v) is 26.6. The van der Waals surface area contributed by atoms with Crippen LogP contribution in [0.2, 0.25) is 0 Å². The highest BCUT2D eigenvalue weighted by Crippen LogP contribution is 2.42.